The van der Waals surface area contributed by atoms with Gasteiger partial charge in [-0.2, -0.15) is 0 Å². The van der Waals surface area contributed by atoms with Gasteiger partial charge in [0.05, 0.1) is 32.0 Å². The van der Waals surface area contributed by atoms with Crippen LogP contribution in [-0.4, -0.2) is 140 Å². The predicted octanol–water partition coefficient (Wildman–Crippen LogP) is 6.94. The number of hydrogen-bond acceptors (Lipinski definition) is 13. The molecule has 2 aliphatic heterocycles. The van der Waals surface area contributed by atoms with Gasteiger partial charge in [0.15, 0.2) is 12.6 Å². The molecule has 0 bridgehead atoms. The van der Waals surface area contributed by atoms with Crippen molar-refractivity contribution in [1.29, 1.82) is 0 Å². The predicted molar refractivity (Wildman–Crippen MR) is 254 cm³/mol. The first-order valence-electron chi connectivity index (χ1n) is 26.1. The second-order valence-corrected chi connectivity index (χ2v) is 18.6. The zero-order valence-corrected chi connectivity index (χ0v) is 40.5. The van der Waals surface area contributed by atoms with Crippen molar-refractivity contribution in [2.75, 3.05) is 19.8 Å². The number of aliphatic hydroxyl groups excluding tert-OH is 8. The molecule has 2 rings (SSSR count). The first kappa shape index (κ1) is 59.6. The smallest absolute Gasteiger partial charge is 0.220 e. The minimum atomic E-state index is -1.79. The molecule has 0 aromatic carbocycles. The number of unbranched alkanes of at least 4 members (excludes halogenated alkanes) is 25. The van der Waals surface area contributed by atoms with E-state index in [0.29, 0.717) is 12.8 Å². The average molecular weight is 930 g/mol. The molecule has 14 nitrogen and oxygen atoms in total. The summed E-state index contributed by atoms with van der Waals surface area (Å²) in [6.07, 6.45) is 27.4. The van der Waals surface area contributed by atoms with Crippen LogP contribution in [0.15, 0.2) is 24.3 Å². The standard InChI is InChI=1S/C51H95NO13/c1-3-5-6-7-8-9-10-11-12-13-14-15-16-17-18-19-20-21-22-23-24-25-26-27-28-29-30-31-32-33-35-40(55)39(52-43(56)34-4-2)38-62-50-48(61)46(59)49(42(37-54)64-50)65-51-47(60)45(58)44(57)41(36-53)63-51/h29-30,33,35,39-42,44-51,53-55,57-61H,3-28,31-32,34,36-38H2,1-2H3,(H,52,56)/b30-29+,35-33+. The summed E-state index contributed by atoms with van der Waals surface area (Å²) in [6.45, 7) is 2.40. The summed E-state index contributed by atoms with van der Waals surface area (Å²) in [4.78, 5) is 12.5. The third-order valence-electron chi connectivity index (χ3n) is 12.9. The van der Waals surface area contributed by atoms with Crippen LogP contribution >= 0.6 is 0 Å². The molecule has 2 fully saturated rings. The van der Waals surface area contributed by atoms with E-state index >= 15 is 0 Å². The topological polar surface area (TPSA) is 228 Å². The van der Waals surface area contributed by atoms with E-state index in [4.69, 9.17) is 18.9 Å². The molecule has 1 amide bonds. The molecule has 0 radical (unpaired) electrons. The molecule has 14 heteroatoms. The fraction of sp³-hybridized carbons (Fsp3) is 0.902. The number of rotatable bonds is 40. The molecular weight excluding hydrogens is 835 g/mol. The Balaban J connectivity index is 1.55. The van der Waals surface area contributed by atoms with E-state index in [9.17, 15) is 45.6 Å². The summed E-state index contributed by atoms with van der Waals surface area (Å²) in [5.41, 5.74) is 0. The van der Waals surface area contributed by atoms with E-state index < -0.39 is 86.8 Å². The van der Waals surface area contributed by atoms with Crippen LogP contribution in [0.3, 0.4) is 0 Å². The molecule has 0 saturated carbocycles. The van der Waals surface area contributed by atoms with Crippen molar-refractivity contribution in [2.24, 2.45) is 0 Å². The Morgan fingerprint density at radius 1 is 0.538 bits per heavy atom. The lowest BCUT2D eigenvalue weighted by Gasteiger charge is -2.46. The molecule has 0 aliphatic carbocycles. The van der Waals surface area contributed by atoms with Crippen molar-refractivity contribution in [3.8, 4) is 0 Å². The maximum Gasteiger partial charge on any atom is 0.220 e. The number of carbonyl (C=O) groups excluding carboxylic acids is 1. The maximum absolute atomic E-state index is 12.5. The SMILES string of the molecule is CCCCCCCCCCCCCCCCCCCCCCCCCC/C=C/CC/C=C/C(O)C(COC1OC(CO)C(OC2OC(CO)C(O)C(O)C2O)C(O)C1O)NC(=O)CCC. The molecular formula is C51H95NO13. The van der Waals surface area contributed by atoms with Gasteiger partial charge in [0.2, 0.25) is 5.91 Å². The summed E-state index contributed by atoms with van der Waals surface area (Å²) >= 11 is 0. The van der Waals surface area contributed by atoms with Gasteiger partial charge in [0, 0.05) is 6.42 Å². The van der Waals surface area contributed by atoms with Gasteiger partial charge in [-0.3, -0.25) is 4.79 Å². The number of ether oxygens (including phenoxy) is 4. The van der Waals surface area contributed by atoms with Crippen LogP contribution in [0.2, 0.25) is 0 Å². The third-order valence-corrected chi connectivity index (χ3v) is 12.9. The fourth-order valence-electron chi connectivity index (χ4n) is 8.65. The van der Waals surface area contributed by atoms with Gasteiger partial charge in [0.1, 0.15) is 48.8 Å². The Hall–Kier alpha value is -1.53. The van der Waals surface area contributed by atoms with E-state index in [1.807, 2.05) is 13.0 Å². The van der Waals surface area contributed by atoms with Crippen molar-refractivity contribution >= 4 is 5.91 Å². The molecule has 0 spiro atoms. The summed E-state index contributed by atoms with van der Waals surface area (Å²) < 4.78 is 22.4. The molecule has 382 valence electrons. The van der Waals surface area contributed by atoms with Crippen LogP contribution in [-0.2, 0) is 23.7 Å². The van der Waals surface area contributed by atoms with Gasteiger partial charge in [-0.15, -0.1) is 0 Å². The lowest BCUT2D eigenvalue weighted by molar-refractivity contribution is -0.359. The second kappa shape index (κ2) is 38.3. The van der Waals surface area contributed by atoms with E-state index in [-0.39, 0.29) is 18.9 Å². The van der Waals surface area contributed by atoms with Crippen LogP contribution in [0.25, 0.3) is 0 Å². The molecule has 2 saturated heterocycles. The first-order valence-corrected chi connectivity index (χ1v) is 26.1. The van der Waals surface area contributed by atoms with E-state index in [1.165, 1.54) is 154 Å². The Morgan fingerprint density at radius 2 is 0.985 bits per heavy atom. The summed E-state index contributed by atoms with van der Waals surface area (Å²) in [6, 6.07) is -0.923. The van der Waals surface area contributed by atoms with Crippen LogP contribution in [0.4, 0.5) is 0 Å². The number of nitrogens with one attached hydrogen (secondary N) is 1. The highest BCUT2D eigenvalue weighted by Gasteiger charge is 2.51. The highest BCUT2D eigenvalue weighted by molar-refractivity contribution is 5.76. The maximum atomic E-state index is 12.5. The zero-order chi connectivity index (χ0) is 47.5. The van der Waals surface area contributed by atoms with Gasteiger partial charge in [0.25, 0.3) is 0 Å². The molecule has 65 heavy (non-hydrogen) atoms. The lowest BCUT2D eigenvalue weighted by atomic mass is 9.97. The summed E-state index contributed by atoms with van der Waals surface area (Å²) in [7, 11) is 0. The normalized spacial score (nSPS) is 27.2. The molecule has 9 N–H and O–H groups in total. The van der Waals surface area contributed by atoms with Crippen LogP contribution in [0.1, 0.15) is 200 Å². The summed E-state index contributed by atoms with van der Waals surface area (Å²) in [5.74, 6) is -0.302. The van der Waals surface area contributed by atoms with Crippen LogP contribution in [0, 0.1) is 0 Å². The van der Waals surface area contributed by atoms with Gasteiger partial charge in [-0.05, 0) is 32.1 Å². The van der Waals surface area contributed by atoms with E-state index in [2.05, 4.69) is 24.4 Å². The Bertz CT molecular complexity index is 1190. The van der Waals surface area contributed by atoms with Gasteiger partial charge in [-0.25, -0.2) is 0 Å². The highest BCUT2D eigenvalue weighted by Crippen LogP contribution is 2.30. The van der Waals surface area contributed by atoms with Crippen LogP contribution < -0.4 is 5.32 Å². The van der Waals surface area contributed by atoms with Crippen molar-refractivity contribution in [3.05, 3.63) is 24.3 Å². The van der Waals surface area contributed by atoms with Crippen molar-refractivity contribution in [3.63, 3.8) is 0 Å². The number of carbonyl (C=O) groups is 1. The molecule has 2 aliphatic rings. The monoisotopic (exact) mass is 930 g/mol. The van der Waals surface area contributed by atoms with Gasteiger partial charge >= 0.3 is 0 Å². The highest BCUT2D eigenvalue weighted by atomic mass is 16.7. The van der Waals surface area contributed by atoms with Crippen LogP contribution in [0.5, 0.6) is 0 Å². The van der Waals surface area contributed by atoms with Crippen molar-refractivity contribution in [2.45, 2.75) is 274 Å². The fourth-order valence-corrected chi connectivity index (χ4v) is 8.65. The Labute approximate surface area is 392 Å². The van der Waals surface area contributed by atoms with Gasteiger partial charge in [-0.1, -0.05) is 186 Å². The quantitative estimate of drug-likeness (QED) is 0.0225. The molecule has 0 aromatic rings. The van der Waals surface area contributed by atoms with Crippen molar-refractivity contribution in [1.82, 2.24) is 5.32 Å². The minimum Gasteiger partial charge on any atom is -0.394 e. The van der Waals surface area contributed by atoms with Gasteiger partial charge < -0.3 is 65.1 Å². The number of aliphatic hydroxyl groups is 8. The third kappa shape index (κ3) is 25.6. The zero-order valence-electron chi connectivity index (χ0n) is 40.5. The minimum absolute atomic E-state index is 0.224. The molecule has 2 heterocycles. The number of amides is 1. The summed E-state index contributed by atoms with van der Waals surface area (Å²) in [5, 5.41) is 85.7. The second-order valence-electron chi connectivity index (χ2n) is 18.6. The number of allylic oxidation sites excluding steroid dienone is 3. The largest absolute Gasteiger partial charge is 0.394 e. The average Bonchev–Trinajstić information content (AvgIpc) is 3.30. The molecule has 12 unspecified atom stereocenters. The van der Waals surface area contributed by atoms with Crippen molar-refractivity contribution < 1.29 is 64.6 Å². The Morgan fingerprint density at radius 3 is 1.48 bits per heavy atom. The molecule has 12 atom stereocenters. The van der Waals surface area contributed by atoms with E-state index in [1.54, 1.807) is 6.08 Å². The molecule has 0 aromatic heterocycles. The number of hydrogen-bond donors (Lipinski definition) is 9. The van der Waals surface area contributed by atoms with E-state index in [0.717, 1.165) is 12.8 Å². The Kier molecular flexibility index (Phi) is 35.1. The first-order chi connectivity index (χ1) is 31.6. The lowest BCUT2D eigenvalue weighted by Crippen LogP contribution is -2.65.